The van der Waals surface area contributed by atoms with Crippen LogP contribution in [0, 0.1) is 21.7 Å². The van der Waals surface area contributed by atoms with Crippen molar-refractivity contribution in [1.29, 1.82) is 0 Å². The number of carbonyl (C=O) groups excluding carboxylic acids is 1. The number of ketones is 1. The van der Waals surface area contributed by atoms with E-state index >= 15 is 0 Å². The zero-order valence-electron chi connectivity index (χ0n) is 30.1. The highest BCUT2D eigenvalue weighted by Crippen LogP contribution is 2.58. The predicted octanol–water partition coefficient (Wildman–Crippen LogP) is 8.97. The third-order valence-electron chi connectivity index (χ3n) is 8.47. The van der Waals surface area contributed by atoms with E-state index in [2.05, 4.69) is 31.9 Å². The second-order valence-electron chi connectivity index (χ2n) is 15.1. The Hall–Kier alpha value is -1.85. The second-order valence-corrected chi connectivity index (χ2v) is 16.7. The number of rotatable bonds is 10. The van der Waals surface area contributed by atoms with Crippen LogP contribution < -0.4 is 18.9 Å². The zero-order valence-corrected chi connectivity index (χ0v) is 33.2. The van der Waals surface area contributed by atoms with Gasteiger partial charge in [-0.1, -0.05) is 69.2 Å². The van der Waals surface area contributed by atoms with Gasteiger partial charge in [0.15, 0.2) is 0 Å². The topological polar surface area (TPSA) is 92.7 Å². The maximum absolute atomic E-state index is 12.4. The van der Waals surface area contributed by atoms with Gasteiger partial charge >= 0.3 is 0 Å². The minimum Gasteiger partial charge on any atom is -0.495 e. The van der Waals surface area contributed by atoms with E-state index in [1.54, 1.807) is 28.4 Å². The van der Waals surface area contributed by atoms with Crippen LogP contribution in [0.5, 0.6) is 23.0 Å². The number of carbonyl (C=O) groups is 1. The van der Waals surface area contributed by atoms with Gasteiger partial charge in [0, 0.05) is 16.2 Å². The van der Waals surface area contributed by atoms with Gasteiger partial charge < -0.3 is 33.5 Å². The summed E-state index contributed by atoms with van der Waals surface area (Å²) >= 11 is 6.92. The number of halogens is 2. The number of hydrogen-bond acceptors (Lipinski definition) is 8. The first-order valence-corrected chi connectivity index (χ1v) is 16.9. The van der Waals surface area contributed by atoms with Crippen LogP contribution in [0.15, 0.2) is 33.2 Å². The molecule has 10 heteroatoms. The Morgan fingerprint density at radius 3 is 1.61 bits per heavy atom. The van der Waals surface area contributed by atoms with E-state index in [1.165, 1.54) is 0 Å². The maximum Gasteiger partial charge on any atom is 0.146 e. The van der Waals surface area contributed by atoms with E-state index in [0.29, 0.717) is 42.8 Å². The fourth-order valence-corrected chi connectivity index (χ4v) is 7.28. The van der Waals surface area contributed by atoms with Crippen molar-refractivity contribution in [2.24, 2.45) is 21.7 Å². The number of ether oxygens (including phenoxy) is 6. The molecule has 1 aliphatic heterocycles. The van der Waals surface area contributed by atoms with Crippen molar-refractivity contribution < 1.29 is 38.3 Å². The van der Waals surface area contributed by atoms with Crippen LogP contribution in [0.25, 0.3) is 0 Å². The van der Waals surface area contributed by atoms with Crippen LogP contribution in [-0.2, 0) is 20.9 Å². The standard InChI is InChI=1S/2C18H27BrO4/c1-16(2,3)18(20)15(23-10-17(18,4)5)11-8-12(21-6)14(19)13(9-11)22-7;1-17(2,3)16(20)18(4,5)11-23-10-12-8-13(21-6)15(19)14(9-12)22-7/h8-9,15,20H,10H2,1-7H3;8-9H,10-11H2,1-7H3. The quantitative estimate of drug-likeness (QED) is 0.256. The van der Waals surface area contributed by atoms with E-state index in [0.717, 1.165) is 20.1 Å². The average molecular weight is 775 g/mol. The van der Waals surface area contributed by atoms with Crippen LogP contribution in [-0.4, -0.2) is 58.1 Å². The molecule has 8 nitrogen and oxygen atoms in total. The maximum atomic E-state index is 12.4. The Morgan fingerprint density at radius 2 is 1.24 bits per heavy atom. The summed E-state index contributed by atoms with van der Waals surface area (Å²) in [4.78, 5) is 12.4. The van der Waals surface area contributed by atoms with E-state index in [9.17, 15) is 9.90 Å². The molecule has 1 aliphatic rings. The molecule has 3 rings (SSSR count). The molecule has 2 atom stereocenters. The van der Waals surface area contributed by atoms with Crippen LogP contribution >= 0.6 is 31.9 Å². The fraction of sp³-hybridized carbons (Fsp3) is 0.639. The van der Waals surface area contributed by atoms with Gasteiger partial charge in [-0.15, -0.1) is 0 Å². The van der Waals surface area contributed by atoms with Crippen molar-refractivity contribution in [2.75, 3.05) is 41.7 Å². The van der Waals surface area contributed by atoms with Crippen LogP contribution in [0.2, 0.25) is 0 Å². The molecule has 2 aromatic rings. The average Bonchev–Trinajstić information content (AvgIpc) is 3.22. The molecule has 260 valence electrons. The van der Waals surface area contributed by atoms with Gasteiger partial charge in [0.1, 0.15) is 49.4 Å². The van der Waals surface area contributed by atoms with Gasteiger partial charge in [-0.25, -0.2) is 0 Å². The third-order valence-corrected chi connectivity index (χ3v) is 10.0. The van der Waals surface area contributed by atoms with Gasteiger partial charge in [0.25, 0.3) is 0 Å². The molecule has 2 aromatic carbocycles. The summed E-state index contributed by atoms with van der Waals surface area (Å²) in [5.41, 5.74) is -0.872. The lowest BCUT2D eigenvalue weighted by atomic mass is 9.60. The summed E-state index contributed by atoms with van der Waals surface area (Å²) in [7, 11) is 6.43. The lowest BCUT2D eigenvalue weighted by Crippen LogP contribution is -2.54. The molecule has 0 radical (unpaired) electrons. The summed E-state index contributed by atoms with van der Waals surface area (Å²) in [6.45, 7) is 21.1. The van der Waals surface area contributed by atoms with Crippen molar-refractivity contribution in [3.8, 4) is 23.0 Å². The second kappa shape index (κ2) is 15.1. The molecule has 0 spiro atoms. The van der Waals surface area contributed by atoms with Gasteiger partial charge in [-0.2, -0.15) is 0 Å². The molecule has 2 unspecified atom stereocenters. The first kappa shape index (κ1) is 40.3. The van der Waals surface area contributed by atoms with Crippen LogP contribution in [0.1, 0.15) is 86.5 Å². The lowest BCUT2D eigenvalue weighted by molar-refractivity contribution is -0.149. The Labute approximate surface area is 293 Å². The molecular formula is C36H54Br2O8. The normalized spacial score (nSPS) is 19.6. The van der Waals surface area contributed by atoms with Gasteiger partial charge in [-0.3, -0.25) is 4.79 Å². The molecule has 0 aliphatic carbocycles. The zero-order chi connectivity index (χ0) is 35.5. The molecular weight excluding hydrogens is 720 g/mol. The highest BCUT2D eigenvalue weighted by Gasteiger charge is 2.62. The molecule has 0 aromatic heterocycles. The molecule has 1 N–H and O–H groups in total. The summed E-state index contributed by atoms with van der Waals surface area (Å²) in [5.74, 6) is 2.88. The van der Waals surface area contributed by atoms with Crippen molar-refractivity contribution in [3.05, 3.63) is 44.3 Å². The predicted molar refractivity (Wildman–Crippen MR) is 189 cm³/mol. The highest BCUT2D eigenvalue weighted by molar-refractivity contribution is 9.11. The molecule has 0 amide bonds. The van der Waals surface area contributed by atoms with E-state index < -0.39 is 17.1 Å². The molecule has 0 saturated carbocycles. The monoisotopic (exact) mass is 772 g/mol. The number of benzene rings is 2. The summed E-state index contributed by atoms with van der Waals surface area (Å²) in [5, 5.41) is 11.6. The largest absolute Gasteiger partial charge is 0.495 e. The molecule has 1 heterocycles. The lowest BCUT2D eigenvalue weighted by Gasteiger charge is -2.48. The van der Waals surface area contributed by atoms with Gasteiger partial charge in [0.2, 0.25) is 0 Å². The first-order valence-electron chi connectivity index (χ1n) is 15.3. The Kier molecular flexibility index (Phi) is 13.3. The Morgan fingerprint density at radius 1 is 0.826 bits per heavy atom. The van der Waals surface area contributed by atoms with Crippen LogP contribution in [0.3, 0.4) is 0 Å². The van der Waals surface area contributed by atoms with E-state index in [-0.39, 0.29) is 22.0 Å². The van der Waals surface area contributed by atoms with Gasteiger partial charge in [-0.05, 0) is 72.7 Å². The SMILES string of the molecule is COc1cc(C2OCC(C)(C)C2(O)C(C)(C)C)cc(OC)c1Br.COc1cc(COCC(C)(C)C(=O)C(C)(C)C)cc(OC)c1Br. The number of aliphatic hydroxyl groups is 1. The van der Waals surface area contributed by atoms with Crippen molar-refractivity contribution in [2.45, 2.75) is 87.5 Å². The van der Waals surface area contributed by atoms with E-state index in [4.69, 9.17) is 28.4 Å². The van der Waals surface area contributed by atoms with Crippen molar-refractivity contribution >= 4 is 37.6 Å². The third kappa shape index (κ3) is 8.59. The van der Waals surface area contributed by atoms with Gasteiger partial charge in [0.05, 0.1) is 48.3 Å². The summed E-state index contributed by atoms with van der Waals surface area (Å²) < 4.78 is 34.9. The smallest absolute Gasteiger partial charge is 0.146 e. The summed E-state index contributed by atoms with van der Waals surface area (Å²) in [6.07, 6.45) is -0.451. The minimum absolute atomic E-state index is 0.191. The summed E-state index contributed by atoms with van der Waals surface area (Å²) in [6, 6.07) is 7.58. The Balaban J connectivity index is 0.000000320. The minimum atomic E-state index is -1.02. The molecule has 0 bridgehead atoms. The van der Waals surface area contributed by atoms with Crippen molar-refractivity contribution in [1.82, 2.24) is 0 Å². The number of Topliss-reactive ketones (excluding diaryl/α,β-unsaturated/α-hetero) is 1. The first-order chi connectivity index (χ1) is 21.0. The fourth-order valence-electron chi connectivity index (χ4n) is 6.18. The molecule has 1 saturated heterocycles. The Bertz CT molecular complexity index is 1310. The molecule has 46 heavy (non-hydrogen) atoms. The molecule has 1 fully saturated rings. The highest BCUT2D eigenvalue weighted by atomic mass is 79.9. The van der Waals surface area contributed by atoms with E-state index in [1.807, 2.05) is 93.5 Å². The number of methoxy groups -OCH3 is 4. The number of hydrogen-bond donors (Lipinski definition) is 1. The van der Waals surface area contributed by atoms with Crippen LogP contribution in [0.4, 0.5) is 0 Å². The van der Waals surface area contributed by atoms with Crippen molar-refractivity contribution in [3.63, 3.8) is 0 Å².